The topological polar surface area (TPSA) is 333 Å². The molecule has 0 aromatic heterocycles. The molecular formula is C50H71N7O14S. The third kappa shape index (κ3) is 22.9. The van der Waals surface area contributed by atoms with Crippen molar-refractivity contribution in [3.8, 4) is 0 Å². The van der Waals surface area contributed by atoms with Crippen molar-refractivity contribution in [2.75, 3.05) is 11.5 Å². The van der Waals surface area contributed by atoms with E-state index in [1.807, 2.05) is 26.8 Å². The number of thioether (sulfide) groups is 1. The van der Waals surface area contributed by atoms with E-state index < -0.39 is 139 Å². The molecule has 72 heavy (non-hydrogen) atoms. The van der Waals surface area contributed by atoms with Crippen LogP contribution in [-0.2, 0) is 65.7 Å². The third-order valence-corrected chi connectivity index (χ3v) is 12.2. The van der Waals surface area contributed by atoms with E-state index >= 15 is 0 Å². The summed E-state index contributed by atoms with van der Waals surface area (Å²) in [6.07, 6.45) is -1.87. The molecule has 2 aromatic rings. The van der Waals surface area contributed by atoms with Gasteiger partial charge in [0.1, 0.15) is 36.3 Å². The molecule has 21 nitrogen and oxygen atoms in total. The summed E-state index contributed by atoms with van der Waals surface area (Å²) in [6, 6.07) is 6.88. The molecule has 0 bridgehead atoms. The molecule has 7 amide bonds. The summed E-state index contributed by atoms with van der Waals surface area (Å²) in [5, 5.41) is 45.6. The van der Waals surface area contributed by atoms with E-state index in [1.54, 1.807) is 76.2 Å². The summed E-state index contributed by atoms with van der Waals surface area (Å²) >= 11 is 1.39. The second kappa shape index (κ2) is 30.8. The lowest BCUT2D eigenvalue weighted by Gasteiger charge is -2.34. The highest BCUT2D eigenvalue weighted by Gasteiger charge is 2.39. The molecule has 6 atom stereocenters. The van der Waals surface area contributed by atoms with Crippen LogP contribution in [0.2, 0.25) is 0 Å². The van der Waals surface area contributed by atoms with Crippen LogP contribution in [0.15, 0.2) is 54.6 Å². The van der Waals surface area contributed by atoms with Crippen molar-refractivity contribution in [3.05, 3.63) is 71.3 Å². The van der Waals surface area contributed by atoms with Gasteiger partial charge in [0.25, 0.3) is 5.91 Å². The van der Waals surface area contributed by atoms with Gasteiger partial charge in [-0.25, -0.2) is 0 Å². The highest BCUT2D eigenvalue weighted by molar-refractivity contribution is 7.99. The van der Waals surface area contributed by atoms with Crippen molar-refractivity contribution >= 4 is 76.8 Å². The third-order valence-electron chi connectivity index (χ3n) is 11.0. The zero-order chi connectivity index (χ0) is 54.1. The van der Waals surface area contributed by atoms with Gasteiger partial charge in [-0.1, -0.05) is 103 Å². The van der Waals surface area contributed by atoms with E-state index in [2.05, 4.69) is 37.2 Å². The molecule has 0 aliphatic carbocycles. The lowest BCUT2D eigenvalue weighted by Crippen LogP contribution is -2.62. The molecule has 0 aliphatic rings. The van der Waals surface area contributed by atoms with Crippen LogP contribution in [-0.4, -0.2) is 128 Å². The van der Waals surface area contributed by atoms with E-state index in [-0.39, 0.29) is 31.1 Å². The molecule has 0 saturated heterocycles. The van der Waals surface area contributed by atoms with Crippen molar-refractivity contribution in [1.82, 2.24) is 37.2 Å². The number of carboxylic acids is 3. The second-order valence-corrected chi connectivity index (χ2v) is 20.0. The van der Waals surface area contributed by atoms with Crippen LogP contribution >= 0.6 is 11.8 Å². The minimum Gasteiger partial charge on any atom is -0.481 e. The Bertz CT molecular complexity index is 2220. The van der Waals surface area contributed by atoms with E-state index in [9.17, 15) is 63.0 Å². The Balaban J connectivity index is 2.48. The summed E-state index contributed by atoms with van der Waals surface area (Å²) in [5.74, 6) is -11.2. The maximum atomic E-state index is 14.5. The molecule has 0 spiro atoms. The van der Waals surface area contributed by atoms with Crippen LogP contribution in [0.3, 0.4) is 0 Å². The fourth-order valence-electron chi connectivity index (χ4n) is 7.02. The summed E-state index contributed by atoms with van der Waals surface area (Å²) in [6.45, 7) is 12.4. The van der Waals surface area contributed by atoms with Gasteiger partial charge in [0.15, 0.2) is 0 Å². The number of unbranched alkanes of at least 4 members (excludes halogenated alkanes) is 1. The Hall–Kier alpha value is -6.84. The summed E-state index contributed by atoms with van der Waals surface area (Å²) in [7, 11) is 0. The Labute approximate surface area is 423 Å². The lowest BCUT2D eigenvalue weighted by molar-refractivity contribution is -0.142. The first-order valence-electron chi connectivity index (χ1n) is 23.8. The number of aliphatic carboxylic acids is 3. The predicted octanol–water partition coefficient (Wildman–Crippen LogP) is 2.16. The van der Waals surface area contributed by atoms with Crippen LogP contribution in [0.1, 0.15) is 110 Å². The van der Waals surface area contributed by atoms with E-state index in [0.717, 1.165) is 18.4 Å². The number of aryl methyl sites for hydroxylation is 1. The number of carbonyl (C=O) groups is 11. The van der Waals surface area contributed by atoms with Crippen molar-refractivity contribution in [1.29, 1.82) is 0 Å². The Morgan fingerprint density at radius 1 is 0.611 bits per heavy atom. The van der Waals surface area contributed by atoms with Crippen molar-refractivity contribution < 1.29 is 68.1 Å². The van der Waals surface area contributed by atoms with Crippen molar-refractivity contribution in [2.45, 2.75) is 149 Å². The maximum Gasteiger partial charge on any atom is 0.305 e. The first-order valence-corrected chi connectivity index (χ1v) is 24.9. The minimum atomic E-state index is -1.82. The van der Waals surface area contributed by atoms with Gasteiger partial charge in [0, 0.05) is 31.6 Å². The van der Waals surface area contributed by atoms with Crippen molar-refractivity contribution in [3.63, 3.8) is 0 Å². The number of nitrogens with one attached hydrogen (secondary N) is 7. The van der Waals surface area contributed by atoms with Gasteiger partial charge in [-0.15, -0.1) is 0 Å². The molecule has 0 heterocycles. The van der Waals surface area contributed by atoms with Crippen LogP contribution < -0.4 is 37.2 Å². The van der Waals surface area contributed by atoms with Gasteiger partial charge in [0.05, 0.1) is 12.8 Å². The minimum absolute atomic E-state index is 0.0765. The normalized spacial score (nSPS) is 13.7. The lowest BCUT2D eigenvalue weighted by atomic mass is 9.85. The number of Topliss-reactive ketones (excluding diaryl/α,β-unsaturated/α-hetero) is 1. The number of amides is 7. The van der Waals surface area contributed by atoms with E-state index in [4.69, 9.17) is 5.11 Å². The van der Waals surface area contributed by atoms with Gasteiger partial charge in [-0.2, -0.15) is 11.8 Å². The fourth-order valence-corrected chi connectivity index (χ4v) is 8.15. The Morgan fingerprint density at radius 2 is 1.17 bits per heavy atom. The van der Waals surface area contributed by atoms with Gasteiger partial charge in [-0.05, 0) is 60.0 Å². The molecule has 0 radical (unpaired) electrons. The summed E-state index contributed by atoms with van der Waals surface area (Å²) in [4.78, 5) is 144. The van der Waals surface area contributed by atoms with Crippen LogP contribution in [0, 0.1) is 18.3 Å². The molecule has 2 aromatic carbocycles. The second-order valence-electron chi connectivity index (χ2n) is 18.8. The van der Waals surface area contributed by atoms with Gasteiger partial charge >= 0.3 is 17.9 Å². The number of hydrogen-bond donors (Lipinski definition) is 10. The number of benzene rings is 2. The maximum absolute atomic E-state index is 14.5. The van der Waals surface area contributed by atoms with Gasteiger partial charge in [-0.3, -0.25) is 52.7 Å². The molecule has 2 rings (SSSR count). The first-order chi connectivity index (χ1) is 33.8. The number of ketones is 1. The van der Waals surface area contributed by atoms with E-state index in [0.29, 0.717) is 16.9 Å². The zero-order valence-corrected chi connectivity index (χ0v) is 42.8. The molecule has 0 aliphatic heterocycles. The number of hydrogen-bond acceptors (Lipinski definition) is 12. The molecular weight excluding hydrogens is 955 g/mol. The summed E-state index contributed by atoms with van der Waals surface area (Å²) in [5.41, 5.74) is 0.977. The van der Waals surface area contributed by atoms with Crippen molar-refractivity contribution in [2.24, 2.45) is 11.3 Å². The Morgan fingerprint density at radius 3 is 1.75 bits per heavy atom. The molecule has 396 valence electrons. The average Bonchev–Trinajstić information content (AvgIpc) is 3.30. The number of carbonyl (C=O) groups excluding carboxylic acids is 8. The summed E-state index contributed by atoms with van der Waals surface area (Å²) < 4.78 is 0. The number of carboxylic acid groups (broad SMARTS) is 3. The molecule has 0 fully saturated rings. The Kier molecular flexibility index (Phi) is 26.2. The predicted molar refractivity (Wildman–Crippen MR) is 267 cm³/mol. The van der Waals surface area contributed by atoms with Crippen LogP contribution in [0.5, 0.6) is 0 Å². The SMILES string of the molecule is CCCCSCC(NC(=O)[C@H](CC(C)C)NC(=O)[C@@H](NC(=O)[C@H](Cc1ccccc1C)NC(=O)[C@H](CCC(=O)O)NC(=O)[C@H](CC(=O)O)NC(=O)CCC(=O)O)C(C)(C)C)C(=O)C(=O)NCc1ccccc1. The average molecular weight is 1030 g/mol. The monoisotopic (exact) mass is 1030 g/mol. The van der Waals surface area contributed by atoms with Crippen LogP contribution in [0.4, 0.5) is 0 Å². The van der Waals surface area contributed by atoms with Gasteiger partial charge < -0.3 is 52.5 Å². The smallest absolute Gasteiger partial charge is 0.305 e. The van der Waals surface area contributed by atoms with Crippen LogP contribution in [0.25, 0.3) is 0 Å². The quantitative estimate of drug-likeness (QED) is 0.0371. The van der Waals surface area contributed by atoms with E-state index in [1.165, 1.54) is 11.8 Å². The highest BCUT2D eigenvalue weighted by Crippen LogP contribution is 2.21. The fraction of sp³-hybridized carbons (Fsp3) is 0.540. The molecule has 10 N–H and O–H groups in total. The first kappa shape index (κ1) is 61.3. The zero-order valence-electron chi connectivity index (χ0n) is 42.0. The standard InChI is InChI=1S/C50H71N7O14S/c1-8-9-23-72-28-37(42(65)48(70)51-27-31-16-11-10-12-17-31)56-45(67)34(24-29(2)3)55-49(71)43(50(5,6)7)57-47(69)35(25-32-18-14-13-15-30(32)4)54-44(66)33(19-21-39(59)60)53-46(68)36(26-41(63)64)52-38(58)20-22-40(61)62/h10-18,29,33-37,43H,8-9,19-28H2,1-7H3,(H,51,70)(H,52,58)(H,53,68)(H,54,66)(H,55,71)(H,56,67)(H,57,69)(H,59,60)(H,61,62)(H,63,64)/t33-,34-,35-,36-,37?,43+/m0/s1. The molecule has 22 heteroatoms. The van der Waals surface area contributed by atoms with Gasteiger partial charge in [0.2, 0.25) is 41.2 Å². The number of rotatable bonds is 32. The largest absolute Gasteiger partial charge is 0.481 e. The molecule has 0 saturated carbocycles. The molecule has 1 unspecified atom stereocenters. The highest BCUT2D eigenvalue weighted by atomic mass is 32.2.